The number of nitrogens with zero attached hydrogens (tertiary/aromatic N) is 4. The van der Waals surface area contributed by atoms with E-state index in [9.17, 15) is 9.18 Å². The van der Waals surface area contributed by atoms with E-state index in [0.717, 1.165) is 19.3 Å². The predicted molar refractivity (Wildman–Crippen MR) is 116 cm³/mol. The quantitative estimate of drug-likeness (QED) is 0.611. The number of carbonyl (C=O) groups excluding carboxylic acids is 1. The van der Waals surface area contributed by atoms with E-state index in [2.05, 4.69) is 17.1 Å². The molecule has 0 N–H and O–H groups in total. The third-order valence-electron chi connectivity index (χ3n) is 5.87. The van der Waals surface area contributed by atoms with Gasteiger partial charge in [-0.1, -0.05) is 18.6 Å². The van der Waals surface area contributed by atoms with Crippen LogP contribution in [0.3, 0.4) is 0 Å². The summed E-state index contributed by atoms with van der Waals surface area (Å²) in [5.74, 6) is 0.598. The Balaban J connectivity index is 1.51. The van der Waals surface area contributed by atoms with Crippen molar-refractivity contribution in [1.82, 2.24) is 19.9 Å². The van der Waals surface area contributed by atoms with Gasteiger partial charge >= 0.3 is 0 Å². The number of ether oxygens (including phenoxy) is 1. The van der Waals surface area contributed by atoms with E-state index in [1.807, 2.05) is 29.2 Å². The first-order valence-corrected chi connectivity index (χ1v) is 10.7. The molecule has 1 aliphatic rings. The fourth-order valence-electron chi connectivity index (χ4n) is 4.07. The van der Waals surface area contributed by atoms with Crippen LogP contribution in [0.25, 0.3) is 5.69 Å². The van der Waals surface area contributed by atoms with Crippen molar-refractivity contribution >= 4 is 5.91 Å². The summed E-state index contributed by atoms with van der Waals surface area (Å²) in [7, 11) is 0. The van der Waals surface area contributed by atoms with Gasteiger partial charge in [0.2, 0.25) is 0 Å². The Morgan fingerprint density at radius 2 is 1.94 bits per heavy atom. The third kappa shape index (κ3) is 4.76. The summed E-state index contributed by atoms with van der Waals surface area (Å²) in [6.07, 6.45) is 6.15. The second-order valence-corrected chi connectivity index (χ2v) is 8.16. The van der Waals surface area contributed by atoms with Crippen molar-refractivity contribution in [2.45, 2.75) is 39.2 Å². The molecular formula is C24H27FN4O2. The summed E-state index contributed by atoms with van der Waals surface area (Å²) >= 11 is 0. The lowest BCUT2D eigenvalue weighted by atomic mass is 10.0. The maximum atomic E-state index is 13.6. The van der Waals surface area contributed by atoms with Crippen LogP contribution in [0.5, 0.6) is 5.75 Å². The van der Waals surface area contributed by atoms with E-state index in [1.165, 1.54) is 10.9 Å². The van der Waals surface area contributed by atoms with Crippen molar-refractivity contribution < 1.29 is 13.9 Å². The average Bonchev–Trinajstić information content (AvgIpc) is 3.25. The number of amides is 1. The Bertz CT molecular complexity index is 1040. The molecule has 0 saturated carbocycles. The first-order valence-electron chi connectivity index (χ1n) is 10.7. The van der Waals surface area contributed by atoms with E-state index < -0.39 is 0 Å². The Labute approximate surface area is 181 Å². The molecule has 4 rings (SSSR count). The van der Waals surface area contributed by atoms with Gasteiger partial charge in [-0.15, -0.1) is 0 Å². The van der Waals surface area contributed by atoms with Crippen molar-refractivity contribution in [2.24, 2.45) is 5.92 Å². The van der Waals surface area contributed by atoms with Gasteiger partial charge in [-0.05, 0) is 62.6 Å². The predicted octanol–water partition coefficient (Wildman–Crippen LogP) is 4.42. The highest BCUT2D eigenvalue weighted by Crippen LogP contribution is 2.26. The van der Waals surface area contributed by atoms with E-state index in [1.54, 1.807) is 31.5 Å². The minimum Gasteiger partial charge on any atom is -0.493 e. The zero-order valence-corrected chi connectivity index (χ0v) is 17.9. The third-order valence-corrected chi connectivity index (χ3v) is 5.87. The van der Waals surface area contributed by atoms with Crippen LogP contribution >= 0.6 is 0 Å². The van der Waals surface area contributed by atoms with Gasteiger partial charge in [0, 0.05) is 18.5 Å². The molecule has 0 aliphatic carbocycles. The minimum atomic E-state index is -0.238. The highest BCUT2D eigenvalue weighted by Gasteiger charge is 2.29. The fourth-order valence-corrected chi connectivity index (χ4v) is 4.07. The number of benzene rings is 2. The molecule has 2 unspecified atom stereocenters. The number of hydrogen-bond acceptors (Lipinski definition) is 4. The number of aryl methyl sites for hydroxylation is 1. The van der Waals surface area contributed by atoms with Gasteiger partial charge in [-0.25, -0.2) is 4.39 Å². The van der Waals surface area contributed by atoms with Gasteiger partial charge in [-0.3, -0.25) is 4.79 Å². The summed E-state index contributed by atoms with van der Waals surface area (Å²) in [6.45, 7) is 4.92. The molecule has 1 saturated heterocycles. The van der Waals surface area contributed by atoms with Gasteiger partial charge in [0.1, 0.15) is 11.6 Å². The van der Waals surface area contributed by atoms with Crippen LogP contribution < -0.4 is 4.74 Å². The minimum absolute atomic E-state index is 0.0232. The fraction of sp³-hybridized carbons (Fsp3) is 0.375. The van der Waals surface area contributed by atoms with E-state index in [-0.39, 0.29) is 23.7 Å². The first-order chi connectivity index (χ1) is 15.0. The maximum absolute atomic E-state index is 13.6. The smallest absolute Gasteiger partial charge is 0.256 e. The van der Waals surface area contributed by atoms with E-state index in [4.69, 9.17) is 4.74 Å². The lowest BCUT2D eigenvalue weighted by molar-refractivity contribution is 0.0654. The standard InChI is InChI=1S/C24H27FN4O2/c1-17-14-20(10-11-22(17)25)31-16-19-7-5-6-18(2)28(15-19)24(30)21-8-3-4-9-23(21)29-26-12-13-27-29/h3-4,8-14,18-19H,5-7,15-16H2,1-2H3. The molecule has 31 heavy (non-hydrogen) atoms. The Morgan fingerprint density at radius 1 is 1.16 bits per heavy atom. The van der Waals surface area contributed by atoms with Crippen LogP contribution in [-0.2, 0) is 0 Å². The molecule has 2 heterocycles. The monoisotopic (exact) mass is 422 g/mol. The Kier molecular flexibility index (Phi) is 6.30. The molecule has 3 aromatic rings. The van der Waals surface area contributed by atoms with Gasteiger partial charge in [-0.2, -0.15) is 15.0 Å². The van der Waals surface area contributed by atoms with Gasteiger partial charge < -0.3 is 9.64 Å². The number of likely N-dealkylation sites (tertiary alicyclic amines) is 1. The normalized spacial score (nSPS) is 19.1. The molecule has 7 heteroatoms. The van der Waals surface area contributed by atoms with Gasteiger partial charge in [0.15, 0.2) is 0 Å². The second-order valence-electron chi connectivity index (χ2n) is 8.16. The molecule has 1 amide bonds. The van der Waals surface area contributed by atoms with Gasteiger partial charge in [0.05, 0.1) is 30.3 Å². The molecule has 1 aliphatic heterocycles. The first kappa shape index (κ1) is 21.0. The molecule has 0 bridgehead atoms. The molecule has 2 atom stereocenters. The summed E-state index contributed by atoms with van der Waals surface area (Å²) in [4.78, 5) is 17.0. The SMILES string of the molecule is Cc1cc(OCC2CCCC(C)N(C(=O)c3ccccc3-n3nccn3)C2)ccc1F. The highest BCUT2D eigenvalue weighted by atomic mass is 19.1. The molecule has 162 valence electrons. The summed E-state index contributed by atoms with van der Waals surface area (Å²) in [5.41, 5.74) is 1.82. The van der Waals surface area contributed by atoms with E-state index >= 15 is 0 Å². The summed E-state index contributed by atoms with van der Waals surface area (Å²) in [6, 6.07) is 12.3. The summed E-state index contributed by atoms with van der Waals surface area (Å²) < 4.78 is 19.5. The zero-order valence-electron chi connectivity index (χ0n) is 17.9. The largest absolute Gasteiger partial charge is 0.493 e. The van der Waals surface area contributed by atoms with Crippen molar-refractivity contribution in [2.75, 3.05) is 13.2 Å². The molecule has 6 nitrogen and oxygen atoms in total. The number of aromatic nitrogens is 3. The van der Waals surface area contributed by atoms with Crippen LogP contribution in [0.2, 0.25) is 0 Å². The molecular weight excluding hydrogens is 395 g/mol. The molecule has 1 fully saturated rings. The molecule has 2 aromatic carbocycles. The lowest BCUT2D eigenvalue weighted by Gasteiger charge is -2.30. The number of rotatable bonds is 5. The second kappa shape index (κ2) is 9.29. The number of carbonyl (C=O) groups is 1. The lowest BCUT2D eigenvalue weighted by Crippen LogP contribution is -2.41. The van der Waals surface area contributed by atoms with E-state index in [0.29, 0.717) is 35.7 Å². The average molecular weight is 423 g/mol. The molecule has 0 spiro atoms. The number of para-hydroxylation sites is 1. The van der Waals surface area contributed by atoms with Crippen LogP contribution in [0, 0.1) is 18.7 Å². The van der Waals surface area contributed by atoms with Crippen molar-refractivity contribution in [3.8, 4) is 11.4 Å². The van der Waals surface area contributed by atoms with Crippen molar-refractivity contribution in [1.29, 1.82) is 0 Å². The summed E-state index contributed by atoms with van der Waals surface area (Å²) in [5, 5.41) is 8.38. The molecule has 0 radical (unpaired) electrons. The topological polar surface area (TPSA) is 60.2 Å². The maximum Gasteiger partial charge on any atom is 0.256 e. The Hall–Kier alpha value is -3.22. The van der Waals surface area contributed by atoms with Crippen LogP contribution in [0.15, 0.2) is 54.9 Å². The molecule has 1 aromatic heterocycles. The zero-order chi connectivity index (χ0) is 21.8. The van der Waals surface area contributed by atoms with Crippen LogP contribution in [0.1, 0.15) is 42.1 Å². The van der Waals surface area contributed by atoms with Crippen LogP contribution in [-0.4, -0.2) is 45.0 Å². The van der Waals surface area contributed by atoms with Crippen molar-refractivity contribution in [3.05, 3.63) is 71.8 Å². The highest BCUT2D eigenvalue weighted by molar-refractivity contribution is 5.97. The number of halogens is 1. The number of hydrogen-bond donors (Lipinski definition) is 0. The van der Waals surface area contributed by atoms with Crippen LogP contribution in [0.4, 0.5) is 4.39 Å². The van der Waals surface area contributed by atoms with Crippen molar-refractivity contribution in [3.63, 3.8) is 0 Å². The Morgan fingerprint density at radius 3 is 2.71 bits per heavy atom. The van der Waals surface area contributed by atoms with Gasteiger partial charge in [0.25, 0.3) is 5.91 Å².